The molecule has 82 valence electrons. The maximum absolute atomic E-state index is 11.1. The van der Waals surface area contributed by atoms with E-state index in [2.05, 4.69) is 28.3 Å². The zero-order valence-electron chi connectivity index (χ0n) is 9.03. The summed E-state index contributed by atoms with van der Waals surface area (Å²) in [5.74, 6) is 0.714. The fourth-order valence-corrected chi connectivity index (χ4v) is 2.34. The van der Waals surface area contributed by atoms with Crippen LogP contribution in [0.4, 0.5) is 4.79 Å². The zero-order valence-corrected chi connectivity index (χ0v) is 9.03. The number of methoxy groups -OCH3 is 1. The summed E-state index contributed by atoms with van der Waals surface area (Å²) >= 11 is 0. The van der Waals surface area contributed by atoms with E-state index in [1.807, 2.05) is 0 Å². The first kappa shape index (κ1) is 10.3. The lowest BCUT2D eigenvalue weighted by Gasteiger charge is -2.29. The maximum Gasteiger partial charge on any atom is 0.407 e. The Kier molecular flexibility index (Phi) is 3.09. The number of carbonyl (C=O) groups excluding carboxylic acids is 1. The fourth-order valence-electron chi connectivity index (χ4n) is 2.34. The SMILES string of the molecule is COC(=O)NC1C=C2C=CCCC2CC1. The Hall–Kier alpha value is -1.25. The quantitative estimate of drug-likeness (QED) is 0.717. The molecule has 0 radical (unpaired) electrons. The molecule has 0 spiro atoms. The van der Waals surface area contributed by atoms with E-state index in [4.69, 9.17) is 0 Å². The number of ether oxygens (including phenoxy) is 1. The summed E-state index contributed by atoms with van der Waals surface area (Å²) in [5.41, 5.74) is 1.38. The van der Waals surface area contributed by atoms with Crippen LogP contribution in [0.1, 0.15) is 25.7 Å². The van der Waals surface area contributed by atoms with Gasteiger partial charge >= 0.3 is 6.09 Å². The molecule has 2 rings (SSSR count). The Labute approximate surface area is 90.2 Å². The van der Waals surface area contributed by atoms with Crippen LogP contribution in [0.25, 0.3) is 0 Å². The van der Waals surface area contributed by atoms with Gasteiger partial charge in [-0.1, -0.05) is 18.2 Å². The van der Waals surface area contributed by atoms with E-state index in [1.165, 1.54) is 31.9 Å². The van der Waals surface area contributed by atoms with Gasteiger partial charge in [0.1, 0.15) is 0 Å². The summed E-state index contributed by atoms with van der Waals surface area (Å²) in [6, 6.07) is 0.145. The van der Waals surface area contributed by atoms with Crippen LogP contribution in [-0.2, 0) is 4.74 Å². The van der Waals surface area contributed by atoms with Crippen LogP contribution in [-0.4, -0.2) is 19.2 Å². The summed E-state index contributed by atoms with van der Waals surface area (Å²) in [5, 5.41) is 2.83. The van der Waals surface area contributed by atoms with Gasteiger partial charge in [-0.25, -0.2) is 4.79 Å². The van der Waals surface area contributed by atoms with Crippen LogP contribution in [0.3, 0.4) is 0 Å². The molecule has 0 heterocycles. The second kappa shape index (κ2) is 4.51. The molecule has 2 atom stereocenters. The van der Waals surface area contributed by atoms with E-state index in [0.29, 0.717) is 5.92 Å². The van der Waals surface area contributed by atoms with Crippen molar-refractivity contribution in [3.8, 4) is 0 Å². The normalized spacial score (nSPS) is 29.0. The predicted molar refractivity (Wildman–Crippen MR) is 58.5 cm³/mol. The van der Waals surface area contributed by atoms with E-state index in [9.17, 15) is 4.79 Å². The lowest BCUT2D eigenvalue weighted by Crippen LogP contribution is -2.36. The van der Waals surface area contributed by atoms with Crippen LogP contribution < -0.4 is 5.32 Å². The Balaban J connectivity index is 2.02. The minimum atomic E-state index is -0.338. The van der Waals surface area contributed by atoms with Crippen LogP contribution in [0.15, 0.2) is 23.8 Å². The summed E-state index contributed by atoms with van der Waals surface area (Å²) in [6.07, 6.45) is 10.9. The Morgan fingerprint density at radius 2 is 2.33 bits per heavy atom. The van der Waals surface area contributed by atoms with Crippen molar-refractivity contribution in [2.75, 3.05) is 7.11 Å². The minimum Gasteiger partial charge on any atom is -0.453 e. The standard InChI is InChI=1S/C12H17NO2/c1-15-12(14)13-11-7-6-9-4-2-3-5-10(9)8-11/h3,5,8-9,11H,2,4,6-7H2,1H3,(H,13,14). The first-order valence-electron chi connectivity index (χ1n) is 5.52. The Morgan fingerprint density at radius 3 is 3.13 bits per heavy atom. The van der Waals surface area contributed by atoms with Crippen molar-refractivity contribution in [2.24, 2.45) is 5.92 Å². The van der Waals surface area contributed by atoms with Crippen LogP contribution in [0, 0.1) is 5.92 Å². The summed E-state index contributed by atoms with van der Waals surface area (Å²) < 4.78 is 4.59. The molecule has 0 aromatic rings. The molecule has 2 aliphatic carbocycles. The number of allylic oxidation sites excluding steroid dienone is 3. The molecular weight excluding hydrogens is 190 g/mol. The van der Waals surface area contributed by atoms with Gasteiger partial charge < -0.3 is 10.1 Å². The lowest BCUT2D eigenvalue weighted by molar-refractivity contribution is 0.167. The monoisotopic (exact) mass is 207 g/mol. The van der Waals surface area contributed by atoms with Gasteiger partial charge in [0.25, 0.3) is 0 Å². The molecule has 1 amide bonds. The van der Waals surface area contributed by atoms with Crippen LogP contribution in [0.5, 0.6) is 0 Å². The molecule has 3 heteroatoms. The van der Waals surface area contributed by atoms with Gasteiger partial charge in [0.05, 0.1) is 13.2 Å². The third kappa shape index (κ3) is 2.41. The van der Waals surface area contributed by atoms with Gasteiger partial charge in [-0.2, -0.15) is 0 Å². The van der Waals surface area contributed by atoms with Crippen molar-refractivity contribution in [1.82, 2.24) is 5.32 Å². The second-order valence-corrected chi connectivity index (χ2v) is 4.16. The molecule has 1 N–H and O–H groups in total. The first-order chi connectivity index (χ1) is 7.29. The Morgan fingerprint density at radius 1 is 1.47 bits per heavy atom. The minimum absolute atomic E-state index is 0.145. The van der Waals surface area contributed by atoms with E-state index >= 15 is 0 Å². The van der Waals surface area contributed by atoms with E-state index in [1.54, 1.807) is 0 Å². The fraction of sp³-hybridized carbons (Fsp3) is 0.583. The van der Waals surface area contributed by atoms with Gasteiger partial charge in [0.15, 0.2) is 0 Å². The molecule has 3 nitrogen and oxygen atoms in total. The van der Waals surface area contributed by atoms with Gasteiger partial charge in [-0.05, 0) is 37.2 Å². The third-order valence-corrected chi connectivity index (χ3v) is 3.17. The van der Waals surface area contributed by atoms with Crippen molar-refractivity contribution in [1.29, 1.82) is 0 Å². The highest BCUT2D eigenvalue weighted by molar-refractivity contribution is 5.67. The number of hydrogen-bond donors (Lipinski definition) is 1. The number of nitrogens with one attached hydrogen (secondary N) is 1. The molecule has 0 fully saturated rings. The lowest BCUT2D eigenvalue weighted by atomic mass is 9.80. The summed E-state index contributed by atoms with van der Waals surface area (Å²) in [6.45, 7) is 0. The number of hydrogen-bond acceptors (Lipinski definition) is 2. The predicted octanol–water partition coefficient (Wildman–Crippen LogP) is 2.40. The summed E-state index contributed by atoms with van der Waals surface area (Å²) in [7, 11) is 1.40. The highest BCUT2D eigenvalue weighted by atomic mass is 16.5. The number of fused-ring (bicyclic) bond motifs is 1. The van der Waals surface area contributed by atoms with Gasteiger partial charge in [0.2, 0.25) is 0 Å². The smallest absolute Gasteiger partial charge is 0.407 e. The highest BCUT2D eigenvalue weighted by Crippen LogP contribution is 2.32. The molecular formula is C12H17NO2. The average Bonchev–Trinajstić information content (AvgIpc) is 2.29. The molecule has 0 aliphatic heterocycles. The molecule has 0 saturated carbocycles. The largest absolute Gasteiger partial charge is 0.453 e. The first-order valence-corrected chi connectivity index (χ1v) is 5.52. The molecule has 0 bridgehead atoms. The molecule has 0 saturated heterocycles. The van der Waals surface area contributed by atoms with Crippen molar-refractivity contribution in [2.45, 2.75) is 31.7 Å². The molecule has 0 aromatic carbocycles. The molecule has 0 aromatic heterocycles. The number of carbonyl (C=O) groups is 1. The average molecular weight is 207 g/mol. The van der Waals surface area contributed by atoms with Crippen molar-refractivity contribution < 1.29 is 9.53 Å². The van der Waals surface area contributed by atoms with Gasteiger partial charge in [-0.3, -0.25) is 0 Å². The van der Waals surface area contributed by atoms with Crippen molar-refractivity contribution in [3.63, 3.8) is 0 Å². The highest BCUT2D eigenvalue weighted by Gasteiger charge is 2.23. The zero-order chi connectivity index (χ0) is 10.7. The number of alkyl carbamates (subject to hydrolysis) is 1. The van der Waals surface area contributed by atoms with Crippen LogP contribution >= 0.6 is 0 Å². The molecule has 2 aliphatic rings. The van der Waals surface area contributed by atoms with Gasteiger partial charge in [-0.15, -0.1) is 0 Å². The van der Waals surface area contributed by atoms with E-state index in [0.717, 1.165) is 6.42 Å². The van der Waals surface area contributed by atoms with E-state index < -0.39 is 0 Å². The second-order valence-electron chi connectivity index (χ2n) is 4.16. The van der Waals surface area contributed by atoms with Crippen LogP contribution in [0.2, 0.25) is 0 Å². The third-order valence-electron chi connectivity index (χ3n) is 3.17. The maximum atomic E-state index is 11.1. The molecule has 2 unspecified atom stereocenters. The Bertz CT molecular complexity index is 307. The van der Waals surface area contributed by atoms with Crippen molar-refractivity contribution in [3.05, 3.63) is 23.8 Å². The van der Waals surface area contributed by atoms with Gasteiger partial charge in [0, 0.05) is 0 Å². The van der Waals surface area contributed by atoms with E-state index in [-0.39, 0.29) is 12.1 Å². The van der Waals surface area contributed by atoms with Crippen molar-refractivity contribution >= 4 is 6.09 Å². The topological polar surface area (TPSA) is 38.3 Å². The molecule has 15 heavy (non-hydrogen) atoms. The number of rotatable bonds is 1. The number of amides is 1. The summed E-state index contributed by atoms with van der Waals surface area (Å²) in [4.78, 5) is 11.1.